The van der Waals surface area contributed by atoms with Crippen LogP contribution in [0, 0.1) is 17.5 Å². The SMILES string of the molecule is NC1(c2cc(F)c(F)c(O)c2F)CC1. The summed E-state index contributed by atoms with van der Waals surface area (Å²) in [4.78, 5) is 0. The molecule has 0 amide bonds. The zero-order valence-electron chi connectivity index (χ0n) is 7.15. The molecule has 14 heavy (non-hydrogen) atoms. The summed E-state index contributed by atoms with van der Waals surface area (Å²) in [5.41, 5.74) is 4.52. The van der Waals surface area contributed by atoms with Crippen LogP contribution in [0.4, 0.5) is 13.2 Å². The molecule has 1 aromatic rings. The molecule has 1 aliphatic rings. The molecular weight excluding hydrogens is 195 g/mol. The van der Waals surface area contributed by atoms with E-state index in [0.29, 0.717) is 18.9 Å². The van der Waals surface area contributed by atoms with Crippen LogP contribution in [0.15, 0.2) is 6.07 Å². The molecule has 0 saturated heterocycles. The molecule has 0 aliphatic heterocycles. The molecule has 0 spiro atoms. The van der Waals surface area contributed by atoms with Crippen LogP contribution in [0.5, 0.6) is 5.75 Å². The van der Waals surface area contributed by atoms with Gasteiger partial charge in [-0.05, 0) is 18.9 Å². The van der Waals surface area contributed by atoms with Gasteiger partial charge in [0, 0.05) is 11.1 Å². The topological polar surface area (TPSA) is 46.2 Å². The predicted molar refractivity (Wildman–Crippen MR) is 43.1 cm³/mol. The van der Waals surface area contributed by atoms with Crippen LogP contribution >= 0.6 is 0 Å². The van der Waals surface area contributed by atoms with E-state index in [1.165, 1.54) is 0 Å². The Bertz CT molecular complexity index is 402. The number of aromatic hydroxyl groups is 1. The van der Waals surface area contributed by atoms with Crippen molar-refractivity contribution in [1.82, 2.24) is 0 Å². The fourth-order valence-electron chi connectivity index (χ4n) is 1.36. The Labute approximate surface area is 78.2 Å². The maximum Gasteiger partial charge on any atom is 0.203 e. The van der Waals surface area contributed by atoms with Gasteiger partial charge in [-0.2, -0.15) is 4.39 Å². The van der Waals surface area contributed by atoms with Crippen LogP contribution in [-0.4, -0.2) is 5.11 Å². The molecule has 1 saturated carbocycles. The summed E-state index contributed by atoms with van der Waals surface area (Å²) in [5.74, 6) is -5.31. The lowest BCUT2D eigenvalue weighted by Gasteiger charge is -2.11. The van der Waals surface area contributed by atoms with Crippen molar-refractivity contribution in [3.63, 3.8) is 0 Å². The quantitative estimate of drug-likeness (QED) is 0.683. The van der Waals surface area contributed by atoms with E-state index in [-0.39, 0.29) is 5.56 Å². The molecule has 3 N–H and O–H groups in total. The first-order valence-electron chi connectivity index (χ1n) is 4.11. The number of nitrogens with two attached hydrogens (primary N) is 1. The standard InChI is InChI=1S/C9H8F3NO/c10-5-3-4(9(13)1-2-9)6(11)8(14)7(5)12/h3,14H,1-2,13H2. The summed E-state index contributed by atoms with van der Waals surface area (Å²) >= 11 is 0. The molecule has 0 heterocycles. The Morgan fingerprint density at radius 2 is 1.79 bits per heavy atom. The molecule has 5 heteroatoms. The van der Waals surface area contributed by atoms with E-state index in [2.05, 4.69) is 0 Å². The fraction of sp³-hybridized carbons (Fsp3) is 0.333. The summed E-state index contributed by atoms with van der Waals surface area (Å²) < 4.78 is 38.7. The molecule has 2 rings (SSSR count). The van der Waals surface area contributed by atoms with Crippen molar-refractivity contribution in [2.24, 2.45) is 5.73 Å². The van der Waals surface area contributed by atoms with Gasteiger partial charge in [-0.3, -0.25) is 0 Å². The molecule has 76 valence electrons. The highest BCUT2D eigenvalue weighted by atomic mass is 19.2. The van der Waals surface area contributed by atoms with Crippen molar-refractivity contribution < 1.29 is 18.3 Å². The maximum atomic E-state index is 13.2. The first-order chi connectivity index (χ1) is 6.46. The van der Waals surface area contributed by atoms with Crippen molar-refractivity contribution in [3.8, 4) is 5.75 Å². The molecular formula is C9H8F3NO. The lowest BCUT2D eigenvalue weighted by atomic mass is 10.0. The average Bonchev–Trinajstić information content (AvgIpc) is 2.87. The van der Waals surface area contributed by atoms with Gasteiger partial charge in [0.2, 0.25) is 5.82 Å². The Morgan fingerprint density at radius 3 is 2.29 bits per heavy atom. The minimum atomic E-state index is -1.57. The minimum absolute atomic E-state index is 0.158. The van der Waals surface area contributed by atoms with E-state index in [4.69, 9.17) is 10.8 Å². The summed E-state index contributed by atoms with van der Waals surface area (Å²) in [6.07, 6.45) is 1.02. The third kappa shape index (κ3) is 1.16. The number of phenols is 1. The number of rotatable bonds is 1. The second kappa shape index (κ2) is 2.63. The van der Waals surface area contributed by atoms with Crippen LogP contribution in [0.3, 0.4) is 0 Å². The Kier molecular flexibility index (Phi) is 1.75. The molecule has 1 fully saturated rings. The van der Waals surface area contributed by atoms with E-state index >= 15 is 0 Å². The molecule has 0 aromatic heterocycles. The number of hydrogen-bond acceptors (Lipinski definition) is 2. The molecule has 2 nitrogen and oxygen atoms in total. The zero-order chi connectivity index (χ0) is 10.5. The van der Waals surface area contributed by atoms with Crippen LogP contribution in [0.2, 0.25) is 0 Å². The predicted octanol–water partition coefficient (Wildman–Crippen LogP) is 1.76. The summed E-state index contributed by atoms with van der Waals surface area (Å²) in [6, 6.07) is 0.706. The number of benzene rings is 1. The van der Waals surface area contributed by atoms with E-state index in [9.17, 15) is 13.2 Å². The monoisotopic (exact) mass is 203 g/mol. The largest absolute Gasteiger partial charge is 0.503 e. The number of hydrogen-bond donors (Lipinski definition) is 2. The van der Waals surface area contributed by atoms with Gasteiger partial charge in [-0.25, -0.2) is 8.78 Å². The van der Waals surface area contributed by atoms with Crippen molar-refractivity contribution in [1.29, 1.82) is 0 Å². The van der Waals surface area contributed by atoms with Crippen molar-refractivity contribution in [3.05, 3.63) is 29.1 Å². The van der Waals surface area contributed by atoms with Crippen LogP contribution in [0.25, 0.3) is 0 Å². The summed E-state index contributed by atoms with van der Waals surface area (Å²) in [7, 11) is 0. The second-order valence-electron chi connectivity index (χ2n) is 3.54. The van der Waals surface area contributed by atoms with E-state index < -0.39 is 28.7 Å². The highest BCUT2D eigenvalue weighted by Crippen LogP contribution is 2.45. The highest BCUT2D eigenvalue weighted by Gasteiger charge is 2.43. The van der Waals surface area contributed by atoms with Crippen molar-refractivity contribution in [2.45, 2.75) is 18.4 Å². The van der Waals surface area contributed by atoms with Gasteiger partial charge in [-0.1, -0.05) is 0 Å². The molecule has 0 atom stereocenters. The normalized spacial score (nSPS) is 18.3. The zero-order valence-corrected chi connectivity index (χ0v) is 7.15. The average molecular weight is 203 g/mol. The van der Waals surface area contributed by atoms with Gasteiger partial charge in [0.25, 0.3) is 0 Å². The van der Waals surface area contributed by atoms with Gasteiger partial charge < -0.3 is 10.8 Å². The van der Waals surface area contributed by atoms with Crippen molar-refractivity contribution in [2.75, 3.05) is 0 Å². The fourth-order valence-corrected chi connectivity index (χ4v) is 1.36. The van der Waals surface area contributed by atoms with Crippen molar-refractivity contribution >= 4 is 0 Å². The first-order valence-corrected chi connectivity index (χ1v) is 4.11. The lowest BCUT2D eigenvalue weighted by molar-refractivity contribution is 0.369. The van der Waals surface area contributed by atoms with E-state index in [1.54, 1.807) is 0 Å². The van der Waals surface area contributed by atoms with Crippen LogP contribution < -0.4 is 5.73 Å². The summed E-state index contributed by atoms with van der Waals surface area (Å²) in [5, 5.41) is 8.91. The minimum Gasteiger partial charge on any atom is -0.503 e. The Balaban J connectivity index is 2.62. The lowest BCUT2D eigenvalue weighted by Crippen LogP contribution is -2.21. The summed E-state index contributed by atoms with van der Waals surface area (Å²) in [6.45, 7) is 0. The van der Waals surface area contributed by atoms with Crippen LogP contribution in [0.1, 0.15) is 18.4 Å². The van der Waals surface area contributed by atoms with Gasteiger partial charge in [0.05, 0.1) is 0 Å². The van der Waals surface area contributed by atoms with E-state index in [0.717, 1.165) is 0 Å². The van der Waals surface area contributed by atoms with Gasteiger partial charge in [0.15, 0.2) is 17.4 Å². The molecule has 0 radical (unpaired) electrons. The molecule has 0 unspecified atom stereocenters. The Morgan fingerprint density at radius 1 is 1.21 bits per heavy atom. The third-order valence-corrected chi connectivity index (χ3v) is 2.46. The first kappa shape index (κ1) is 9.33. The molecule has 0 bridgehead atoms. The van der Waals surface area contributed by atoms with Gasteiger partial charge >= 0.3 is 0 Å². The third-order valence-electron chi connectivity index (χ3n) is 2.46. The number of phenolic OH excluding ortho intramolecular Hbond substituents is 1. The maximum absolute atomic E-state index is 13.2. The van der Waals surface area contributed by atoms with Gasteiger partial charge in [0.1, 0.15) is 0 Å². The molecule has 1 aliphatic carbocycles. The Hall–Kier alpha value is -1.23. The number of halogens is 3. The highest BCUT2D eigenvalue weighted by molar-refractivity contribution is 5.39. The van der Waals surface area contributed by atoms with E-state index in [1.807, 2.05) is 0 Å². The molecule has 1 aromatic carbocycles. The van der Waals surface area contributed by atoms with Gasteiger partial charge in [-0.15, -0.1) is 0 Å². The smallest absolute Gasteiger partial charge is 0.203 e. The van der Waals surface area contributed by atoms with Crippen LogP contribution in [-0.2, 0) is 5.54 Å². The second-order valence-corrected chi connectivity index (χ2v) is 3.54.